The van der Waals surface area contributed by atoms with Gasteiger partial charge in [0.25, 0.3) is 0 Å². The predicted octanol–water partition coefficient (Wildman–Crippen LogP) is 5.18. The maximum Gasteiger partial charge on any atom is 0.0945 e. The number of fused-ring (bicyclic) bond motifs is 3. The SMILES string of the molecule is CCn1c2ccccc2c2ccnc(-c3cccc(C)c3)c21. The standard InChI is InChI=1S/C20H18N2/c1-3-22-18-10-5-4-9-16(18)17-11-12-21-19(20(17)22)15-8-6-7-14(2)13-15/h4-13H,3H2,1-2H3. The van der Waals surface area contributed by atoms with Gasteiger partial charge in [-0.1, -0.05) is 42.0 Å². The lowest BCUT2D eigenvalue weighted by atomic mass is 10.1. The molecule has 0 bridgehead atoms. The third-order valence-corrected chi connectivity index (χ3v) is 4.29. The molecule has 22 heavy (non-hydrogen) atoms. The molecule has 0 aliphatic rings. The molecule has 2 heteroatoms. The van der Waals surface area contributed by atoms with E-state index >= 15 is 0 Å². The van der Waals surface area contributed by atoms with Crippen LogP contribution in [0.3, 0.4) is 0 Å². The summed E-state index contributed by atoms with van der Waals surface area (Å²) in [6.07, 6.45) is 1.92. The third kappa shape index (κ3) is 1.84. The first kappa shape index (κ1) is 13.1. The van der Waals surface area contributed by atoms with Gasteiger partial charge in [0.2, 0.25) is 0 Å². The van der Waals surface area contributed by atoms with Crippen LogP contribution in [-0.2, 0) is 6.54 Å². The summed E-state index contributed by atoms with van der Waals surface area (Å²) < 4.78 is 2.37. The number of hydrogen-bond donors (Lipinski definition) is 0. The van der Waals surface area contributed by atoms with Gasteiger partial charge in [0.15, 0.2) is 0 Å². The van der Waals surface area contributed by atoms with E-state index in [-0.39, 0.29) is 0 Å². The summed E-state index contributed by atoms with van der Waals surface area (Å²) in [5, 5.41) is 2.58. The number of nitrogens with zero attached hydrogens (tertiary/aromatic N) is 2. The number of aryl methyl sites for hydroxylation is 2. The molecule has 0 fully saturated rings. The molecule has 0 N–H and O–H groups in total. The lowest BCUT2D eigenvalue weighted by Crippen LogP contribution is -1.96. The Kier molecular flexibility index (Phi) is 2.97. The van der Waals surface area contributed by atoms with Gasteiger partial charge >= 0.3 is 0 Å². The van der Waals surface area contributed by atoms with Crippen LogP contribution < -0.4 is 0 Å². The van der Waals surface area contributed by atoms with Crippen LogP contribution in [0.2, 0.25) is 0 Å². The first-order chi connectivity index (χ1) is 10.8. The van der Waals surface area contributed by atoms with Gasteiger partial charge in [0, 0.05) is 34.6 Å². The number of rotatable bonds is 2. The van der Waals surface area contributed by atoms with Crippen LogP contribution in [0.5, 0.6) is 0 Å². The second-order valence-electron chi connectivity index (χ2n) is 5.69. The van der Waals surface area contributed by atoms with Crippen molar-refractivity contribution in [3.63, 3.8) is 0 Å². The van der Waals surface area contributed by atoms with Gasteiger partial charge in [-0.15, -0.1) is 0 Å². The first-order valence-electron chi connectivity index (χ1n) is 7.72. The normalized spacial score (nSPS) is 11.4. The molecule has 4 aromatic rings. The second-order valence-corrected chi connectivity index (χ2v) is 5.69. The minimum Gasteiger partial charge on any atom is -0.339 e. The Balaban J connectivity index is 2.17. The number of para-hydroxylation sites is 1. The topological polar surface area (TPSA) is 17.8 Å². The Morgan fingerprint density at radius 2 is 1.82 bits per heavy atom. The Labute approximate surface area is 130 Å². The molecule has 0 radical (unpaired) electrons. The van der Waals surface area contributed by atoms with Gasteiger partial charge < -0.3 is 4.57 Å². The fraction of sp³-hybridized carbons (Fsp3) is 0.150. The van der Waals surface area contributed by atoms with Crippen molar-refractivity contribution >= 4 is 21.8 Å². The molecule has 2 aromatic heterocycles. The van der Waals surface area contributed by atoms with Gasteiger partial charge in [0.05, 0.1) is 11.2 Å². The zero-order chi connectivity index (χ0) is 15.1. The average molecular weight is 286 g/mol. The predicted molar refractivity (Wildman–Crippen MR) is 93.1 cm³/mol. The quantitative estimate of drug-likeness (QED) is 0.496. The van der Waals surface area contributed by atoms with Crippen LogP contribution in [0, 0.1) is 6.92 Å². The molecule has 0 spiro atoms. The molecule has 0 aliphatic heterocycles. The van der Waals surface area contributed by atoms with Crippen LogP contribution in [0.4, 0.5) is 0 Å². The highest BCUT2D eigenvalue weighted by molar-refractivity contribution is 6.11. The van der Waals surface area contributed by atoms with Crippen molar-refractivity contribution in [3.8, 4) is 11.3 Å². The van der Waals surface area contributed by atoms with Crippen molar-refractivity contribution in [2.24, 2.45) is 0 Å². The van der Waals surface area contributed by atoms with E-state index in [2.05, 4.69) is 73.0 Å². The van der Waals surface area contributed by atoms with Gasteiger partial charge in [-0.05, 0) is 32.0 Å². The molecule has 2 nitrogen and oxygen atoms in total. The Morgan fingerprint density at radius 1 is 0.955 bits per heavy atom. The van der Waals surface area contributed by atoms with Crippen molar-refractivity contribution < 1.29 is 0 Å². The summed E-state index contributed by atoms with van der Waals surface area (Å²) in [5.41, 5.74) is 6.02. The average Bonchev–Trinajstić information content (AvgIpc) is 2.88. The molecule has 0 saturated heterocycles. The van der Waals surface area contributed by atoms with Gasteiger partial charge in [-0.3, -0.25) is 4.98 Å². The van der Waals surface area contributed by atoms with E-state index in [0.29, 0.717) is 0 Å². The second kappa shape index (κ2) is 4.99. The maximum absolute atomic E-state index is 4.70. The molecule has 108 valence electrons. The van der Waals surface area contributed by atoms with E-state index in [1.807, 2.05) is 6.20 Å². The Bertz CT molecular complexity index is 980. The van der Waals surface area contributed by atoms with Crippen LogP contribution in [0.25, 0.3) is 33.1 Å². The van der Waals surface area contributed by atoms with Crippen LogP contribution in [-0.4, -0.2) is 9.55 Å². The molecule has 0 amide bonds. The van der Waals surface area contributed by atoms with Crippen LogP contribution >= 0.6 is 0 Å². The summed E-state index contributed by atoms with van der Waals surface area (Å²) in [6.45, 7) is 5.26. The smallest absolute Gasteiger partial charge is 0.0945 e. The van der Waals surface area contributed by atoms with Crippen molar-refractivity contribution in [3.05, 3.63) is 66.4 Å². The van der Waals surface area contributed by atoms with Crippen molar-refractivity contribution in [2.45, 2.75) is 20.4 Å². The fourth-order valence-corrected chi connectivity index (χ4v) is 3.33. The van der Waals surface area contributed by atoms with E-state index < -0.39 is 0 Å². The molecule has 0 saturated carbocycles. The lowest BCUT2D eigenvalue weighted by Gasteiger charge is -2.08. The van der Waals surface area contributed by atoms with E-state index in [9.17, 15) is 0 Å². The van der Waals surface area contributed by atoms with Crippen LogP contribution in [0.1, 0.15) is 12.5 Å². The largest absolute Gasteiger partial charge is 0.339 e. The van der Waals surface area contributed by atoms with Crippen molar-refractivity contribution in [1.82, 2.24) is 9.55 Å². The fourth-order valence-electron chi connectivity index (χ4n) is 3.33. The third-order valence-electron chi connectivity index (χ3n) is 4.29. The molecular weight excluding hydrogens is 268 g/mol. The van der Waals surface area contributed by atoms with Crippen molar-refractivity contribution in [2.75, 3.05) is 0 Å². The van der Waals surface area contributed by atoms with Crippen LogP contribution in [0.15, 0.2) is 60.8 Å². The van der Waals surface area contributed by atoms with Gasteiger partial charge in [0.1, 0.15) is 0 Å². The first-order valence-corrected chi connectivity index (χ1v) is 7.72. The van der Waals surface area contributed by atoms with Gasteiger partial charge in [-0.2, -0.15) is 0 Å². The van der Waals surface area contributed by atoms with Crippen molar-refractivity contribution in [1.29, 1.82) is 0 Å². The zero-order valence-corrected chi connectivity index (χ0v) is 12.9. The lowest BCUT2D eigenvalue weighted by molar-refractivity contribution is 0.826. The Hall–Kier alpha value is -2.61. The molecule has 2 heterocycles. The zero-order valence-electron chi connectivity index (χ0n) is 12.9. The molecule has 0 aliphatic carbocycles. The highest BCUT2D eigenvalue weighted by atomic mass is 15.0. The monoisotopic (exact) mass is 286 g/mol. The molecule has 2 aromatic carbocycles. The highest BCUT2D eigenvalue weighted by Crippen LogP contribution is 2.34. The van der Waals surface area contributed by atoms with Gasteiger partial charge in [-0.25, -0.2) is 0 Å². The van der Waals surface area contributed by atoms with E-state index in [1.165, 1.54) is 32.9 Å². The summed E-state index contributed by atoms with van der Waals surface area (Å²) in [4.78, 5) is 4.70. The number of benzene rings is 2. The molecule has 4 rings (SSSR count). The highest BCUT2D eigenvalue weighted by Gasteiger charge is 2.14. The molecule has 0 atom stereocenters. The summed E-state index contributed by atoms with van der Waals surface area (Å²) in [7, 11) is 0. The summed E-state index contributed by atoms with van der Waals surface area (Å²) >= 11 is 0. The summed E-state index contributed by atoms with van der Waals surface area (Å²) in [6, 6.07) is 19.3. The minimum atomic E-state index is 0.939. The number of hydrogen-bond acceptors (Lipinski definition) is 1. The molecular formula is C20H18N2. The number of pyridine rings is 1. The van der Waals surface area contributed by atoms with E-state index in [0.717, 1.165) is 12.2 Å². The molecule has 0 unspecified atom stereocenters. The maximum atomic E-state index is 4.70. The number of aromatic nitrogens is 2. The summed E-state index contributed by atoms with van der Waals surface area (Å²) in [5.74, 6) is 0. The van der Waals surface area contributed by atoms with E-state index in [1.54, 1.807) is 0 Å². The van der Waals surface area contributed by atoms with E-state index in [4.69, 9.17) is 4.98 Å². The Morgan fingerprint density at radius 3 is 2.64 bits per heavy atom. The minimum absolute atomic E-state index is 0.939.